The van der Waals surface area contributed by atoms with Crippen LogP contribution in [0.1, 0.15) is 32.3 Å². The number of benzene rings is 1. The van der Waals surface area contributed by atoms with Gasteiger partial charge in [0.25, 0.3) is 11.5 Å². The van der Waals surface area contributed by atoms with E-state index >= 15 is 0 Å². The minimum atomic E-state index is -2.38. The maximum atomic E-state index is 14.2. The van der Waals surface area contributed by atoms with Gasteiger partial charge in [-0.05, 0) is 31.0 Å². The minimum absolute atomic E-state index is 0.0365. The summed E-state index contributed by atoms with van der Waals surface area (Å²) in [5.74, 6) is -2.08. The summed E-state index contributed by atoms with van der Waals surface area (Å²) >= 11 is 0. The maximum absolute atomic E-state index is 14.2. The van der Waals surface area contributed by atoms with Gasteiger partial charge in [0.05, 0.1) is 12.8 Å². The molecule has 0 aliphatic heterocycles. The molecule has 0 aliphatic carbocycles. The monoisotopic (exact) mass is 464 g/mol. The Morgan fingerprint density at radius 3 is 2.62 bits per heavy atom. The molecule has 2 heterocycles. The van der Waals surface area contributed by atoms with Crippen LogP contribution in [0.15, 0.2) is 45.8 Å². The van der Waals surface area contributed by atoms with Crippen LogP contribution >= 0.6 is 0 Å². The van der Waals surface area contributed by atoms with Crippen LogP contribution in [0.25, 0.3) is 11.3 Å². The van der Waals surface area contributed by atoms with Gasteiger partial charge in [-0.3, -0.25) is 8.98 Å². The lowest BCUT2D eigenvalue weighted by Gasteiger charge is -2.14. The molecule has 11 heteroatoms. The Labute approximate surface area is 185 Å². The molecule has 1 aromatic carbocycles. The number of thiol groups is 1. The van der Waals surface area contributed by atoms with Crippen molar-refractivity contribution in [1.29, 1.82) is 0 Å². The molecule has 0 saturated carbocycles. The van der Waals surface area contributed by atoms with Crippen molar-refractivity contribution in [3.8, 4) is 22.8 Å². The van der Waals surface area contributed by atoms with Crippen molar-refractivity contribution in [3.05, 3.63) is 64.2 Å². The maximum Gasteiger partial charge on any atom is 0.260 e. The number of rotatable bonds is 7. The van der Waals surface area contributed by atoms with Gasteiger partial charge in [0.15, 0.2) is 28.2 Å². The predicted molar refractivity (Wildman–Crippen MR) is 116 cm³/mol. The first kappa shape index (κ1) is 23.5. The fourth-order valence-electron chi connectivity index (χ4n) is 2.86. The summed E-state index contributed by atoms with van der Waals surface area (Å²) in [5.41, 5.74) is 1.01. The standard InChI is InChI=1S/C21H22F2N4O4S/c1-5-30-32(29)26-21-24-10-18(31-17-7-6-14(22)9-16(17)23)19(25-21)13-8-15(12(2)3)20(28)27(4)11-13/h6-12,32H,5H2,1-4H3. The van der Waals surface area contributed by atoms with Crippen LogP contribution in [0.3, 0.4) is 0 Å². The van der Waals surface area contributed by atoms with Gasteiger partial charge in [0, 0.05) is 30.4 Å². The zero-order valence-electron chi connectivity index (χ0n) is 17.9. The second-order valence-corrected chi connectivity index (χ2v) is 8.00. The summed E-state index contributed by atoms with van der Waals surface area (Å²) in [6.45, 7) is 5.61. The topological polar surface area (TPSA) is 95.7 Å². The summed E-state index contributed by atoms with van der Waals surface area (Å²) in [5, 5.41) is 0. The number of nitrogens with zero attached hydrogens (tertiary/aromatic N) is 4. The smallest absolute Gasteiger partial charge is 0.260 e. The van der Waals surface area contributed by atoms with Gasteiger partial charge in [-0.1, -0.05) is 13.8 Å². The highest BCUT2D eigenvalue weighted by Gasteiger charge is 2.18. The summed E-state index contributed by atoms with van der Waals surface area (Å²) in [4.78, 5) is 20.8. The van der Waals surface area contributed by atoms with Crippen LogP contribution in [0.4, 0.5) is 14.7 Å². The molecule has 8 nitrogen and oxygen atoms in total. The van der Waals surface area contributed by atoms with Gasteiger partial charge < -0.3 is 9.30 Å². The Hall–Kier alpha value is -3.18. The van der Waals surface area contributed by atoms with Crippen molar-refractivity contribution in [2.24, 2.45) is 11.4 Å². The van der Waals surface area contributed by atoms with Crippen molar-refractivity contribution in [3.63, 3.8) is 0 Å². The molecule has 0 spiro atoms. The molecular weight excluding hydrogens is 442 g/mol. The second-order valence-electron chi connectivity index (χ2n) is 7.07. The molecule has 1 atom stereocenters. The second kappa shape index (κ2) is 9.96. The number of hydrogen-bond donors (Lipinski definition) is 1. The van der Waals surface area contributed by atoms with E-state index in [-0.39, 0.29) is 41.2 Å². The predicted octanol–water partition coefficient (Wildman–Crippen LogP) is 4.28. The first-order valence-corrected chi connectivity index (χ1v) is 10.8. The van der Waals surface area contributed by atoms with Gasteiger partial charge in [0.1, 0.15) is 11.5 Å². The highest BCUT2D eigenvalue weighted by atomic mass is 32.2. The van der Waals surface area contributed by atoms with Crippen LogP contribution < -0.4 is 10.3 Å². The lowest BCUT2D eigenvalue weighted by atomic mass is 10.0. The Morgan fingerprint density at radius 2 is 1.97 bits per heavy atom. The van der Waals surface area contributed by atoms with Crippen LogP contribution in [0, 0.1) is 11.6 Å². The SMILES string of the molecule is CCO[SH](=O)=Nc1ncc(Oc2ccc(F)cc2F)c(-c2cc(C(C)C)c(=O)n(C)c2)n1. The number of pyridine rings is 1. The van der Waals surface area contributed by atoms with E-state index in [4.69, 9.17) is 8.92 Å². The summed E-state index contributed by atoms with van der Waals surface area (Å²) in [6.07, 6.45) is 2.77. The van der Waals surface area contributed by atoms with Crippen molar-refractivity contribution >= 4 is 16.8 Å². The van der Waals surface area contributed by atoms with Crippen LogP contribution in [0.2, 0.25) is 0 Å². The van der Waals surface area contributed by atoms with Crippen molar-refractivity contribution in [2.45, 2.75) is 26.7 Å². The van der Waals surface area contributed by atoms with Gasteiger partial charge >= 0.3 is 0 Å². The summed E-state index contributed by atoms with van der Waals surface area (Å²) < 4.78 is 55.1. The molecule has 1 unspecified atom stereocenters. The minimum Gasteiger partial charge on any atom is -0.450 e. The van der Waals surface area contributed by atoms with Crippen LogP contribution in [-0.2, 0) is 22.1 Å². The Bertz CT molecular complexity index is 1290. The number of ether oxygens (including phenoxy) is 1. The lowest BCUT2D eigenvalue weighted by molar-refractivity contribution is 0.378. The number of aryl methyl sites for hydroxylation is 1. The molecule has 32 heavy (non-hydrogen) atoms. The van der Waals surface area contributed by atoms with E-state index in [2.05, 4.69) is 14.3 Å². The average Bonchev–Trinajstić information content (AvgIpc) is 2.73. The van der Waals surface area contributed by atoms with Gasteiger partial charge in [-0.15, -0.1) is 4.36 Å². The molecule has 170 valence electrons. The van der Waals surface area contributed by atoms with E-state index in [0.717, 1.165) is 12.1 Å². The normalized spacial score (nSPS) is 12.3. The Morgan fingerprint density at radius 1 is 1.22 bits per heavy atom. The highest BCUT2D eigenvalue weighted by molar-refractivity contribution is 7.69. The molecule has 2 aromatic heterocycles. The van der Waals surface area contributed by atoms with E-state index < -0.39 is 22.5 Å². The van der Waals surface area contributed by atoms with E-state index in [9.17, 15) is 17.8 Å². The molecular formula is C21H22F2N4O4S. The molecule has 0 saturated heterocycles. The highest BCUT2D eigenvalue weighted by Crippen LogP contribution is 2.34. The zero-order chi connectivity index (χ0) is 23.4. The quantitative estimate of drug-likeness (QED) is 0.525. The van der Waals surface area contributed by atoms with Crippen molar-refractivity contribution in [1.82, 2.24) is 14.5 Å². The third-order valence-electron chi connectivity index (χ3n) is 4.37. The number of halogens is 2. The van der Waals surface area contributed by atoms with Crippen LogP contribution in [0.5, 0.6) is 11.5 Å². The molecule has 0 N–H and O–H groups in total. The van der Waals surface area contributed by atoms with Crippen LogP contribution in [-0.4, -0.2) is 25.4 Å². The first-order valence-electron chi connectivity index (χ1n) is 9.72. The summed E-state index contributed by atoms with van der Waals surface area (Å²) in [6, 6.07) is 4.53. The number of hydrogen-bond acceptors (Lipinski definition) is 7. The first-order chi connectivity index (χ1) is 15.2. The van der Waals surface area contributed by atoms with E-state index in [1.165, 1.54) is 17.0 Å². The van der Waals surface area contributed by atoms with Gasteiger partial charge in [-0.25, -0.2) is 23.0 Å². The third-order valence-corrected chi connectivity index (χ3v) is 5.19. The lowest BCUT2D eigenvalue weighted by Crippen LogP contribution is -2.21. The molecule has 0 aliphatic rings. The molecule has 0 fully saturated rings. The average molecular weight is 464 g/mol. The van der Waals surface area contributed by atoms with E-state index in [0.29, 0.717) is 17.2 Å². The van der Waals surface area contributed by atoms with E-state index in [1.807, 2.05) is 13.8 Å². The molecule has 0 radical (unpaired) electrons. The molecule has 0 amide bonds. The fraction of sp³-hybridized carbons (Fsp3) is 0.286. The molecule has 0 bridgehead atoms. The molecule has 3 aromatic rings. The summed E-state index contributed by atoms with van der Waals surface area (Å²) in [7, 11) is -0.787. The third kappa shape index (κ3) is 5.35. The molecule has 3 rings (SSSR count). The van der Waals surface area contributed by atoms with Gasteiger partial charge in [0.2, 0.25) is 0 Å². The van der Waals surface area contributed by atoms with Crippen molar-refractivity contribution in [2.75, 3.05) is 6.61 Å². The Balaban J connectivity index is 2.19. The fourth-order valence-corrected chi connectivity index (χ4v) is 3.38. The largest absolute Gasteiger partial charge is 0.450 e. The number of aromatic nitrogens is 3. The van der Waals surface area contributed by atoms with Crippen molar-refractivity contribution < 1.29 is 21.9 Å². The van der Waals surface area contributed by atoms with E-state index in [1.54, 1.807) is 20.0 Å². The zero-order valence-corrected chi connectivity index (χ0v) is 18.8. The Kier molecular flexibility index (Phi) is 7.31. The van der Waals surface area contributed by atoms with Gasteiger partial charge in [-0.2, -0.15) is 0 Å².